The number of nitrogens with zero attached hydrogens (tertiary/aromatic N) is 2. The van der Waals surface area contributed by atoms with E-state index >= 15 is 0 Å². The smallest absolute Gasteiger partial charge is 0.264 e. The molecule has 1 aliphatic heterocycles. The van der Waals surface area contributed by atoms with Gasteiger partial charge in [-0.05, 0) is 60.7 Å². The number of carbonyl (C=O) groups is 2. The number of hydrogen-bond donors (Lipinski definition) is 2. The minimum Gasteiger partial charge on any atom is -0.497 e. The van der Waals surface area contributed by atoms with Crippen molar-refractivity contribution >= 4 is 39.4 Å². The fourth-order valence-corrected chi connectivity index (χ4v) is 5.06. The van der Waals surface area contributed by atoms with E-state index in [9.17, 15) is 18.0 Å². The molecule has 0 fully saturated rings. The van der Waals surface area contributed by atoms with Crippen LogP contribution in [0.25, 0.3) is 0 Å². The van der Waals surface area contributed by atoms with Gasteiger partial charge in [0, 0.05) is 18.2 Å². The van der Waals surface area contributed by atoms with E-state index in [0.717, 1.165) is 4.31 Å². The topological polar surface area (TPSA) is 136 Å². The molecule has 2 amide bonds. The first-order valence-electron chi connectivity index (χ1n) is 11.5. The molecule has 0 aliphatic carbocycles. The summed E-state index contributed by atoms with van der Waals surface area (Å²) in [5.74, 6) is 0.664. The first-order chi connectivity index (χ1) is 18.3. The van der Waals surface area contributed by atoms with Crippen LogP contribution in [-0.4, -0.2) is 53.3 Å². The summed E-state index contributed by atoms with van der Waals surface area (Å²) in [4.78, 5) is 24.1. The van der Waals surface area contributed by atoms with Crippen molar-refractivity contribution in [2.75, 3.05) is 36.5 Å². The van der Waals surface area contributed by atoms with Gasteiger partial charge in [-0.25, -0.2) is 13.8 Å². The molecule has 0 aromatic heterocycles. The third kappa shape index (κ3) is 6.21. The summed E-state index contributed by atoms with van der Waals surface area (Å²) in [5.41, 5.74) is 3.66. The van der Waals surface area contributed by atoms with Gasteiger partial charge in [-0.3, -0.25) is 13.9 Å². The molecular formula is C26H26N4O7S. The van der Waals surface area contributed by atoms with Gasteiger partial charge in [0.25, 0.3) is 15.9 Å². The predicted octanol–water partition coefficient (Wildman–Crippen LogP) is 2.77. The number of methoxy groups -OCH3 is 1. The lowest BCUT2D eigenvalue weighted by Gasteiger charge is -2.24. The van der Waals surface area contributed by atoms with E-state index in [0.29, 0.717) is 41.7 Å². The van der Waals surface area contributed by atoms with Crippen molar-refractivity contribution in [3.8, 4) is 17.2 Å². The Balaban J connectivity index is 1.55. The number of amides is 2. The number of fused-ring (bicyclic) bond motifs is 1. The fraction of sp³-hybridized carbons (Fsp3) is 0.192. The van der Waals surface area contributed by atoms with Crippen LogP contribution in [0.15, 0.2) is 76.7 Å². The van der Waals surface area contributed by atoms with E-state index in [-0.39, 0.29) is 16.5 Å². The highest BCUT2D eigenvalue weighted by molar-refractivity contribution is 7.92. The van der Waals surface area contributed by atoms with Gasteiger partial charge in [-0.15, -0.1) is 0 Å². The molecule has 2 N–H and O–H groups in total. The minimum atomic E-state index is -4.17. The van der Waals surface area contributed by atoms with Crippen molar-refractivity contribution < 1.29 is 32.2 Å². The number of benzene rings is 3. The molecule has 3 aromatic carbocycles. The third-order valence-electron chi connectivity index (χ3n) is 5.40. The first kappa shape index (κ1) is 26.5. The molecule has 3 aromatic rings. The van der Waals surface area contributed by atoms with Crippen molar-refractivity contribution in [2.24, 2.45) is 5.10 Å². The molecule has 0 unspecified atom stereocenters. The predicted molar refractivity (Wildman–Crippen MR) is 141 cm³/mol. The number of carbonyl (C=O) groups excluding carboxylic acids is 2. The quantitative estimate of drug-likeness (QED) is 0.316. The van der Waals surface area contributed by atoms with Crippen LogP contribution in [0.1, 0.15) is 12.5 Å². The van der Waals surface area contributed by atoms with E-state index in [1.54, 1.807) is 30.3 Å². The van der Waals surface area contributed by atoms with Crippen LogP contribution in [0.4, 0.5) is 11.4 Å². The standard InChI is InChI=1S/C26H26N4O7S/c1-18(31)28-20-6-12-23(13-7-20)38(33,34)30(21-8-10-22(35-2)11-9-21)17-25(32)29-27-16-19-4-3-5-24-26(19)37-15-14-36-24/h3-13,16H,14-15,17H2,1-2H3,(H,28,31)(H,29,32)/b27-16-. The lowest BCUT2D eigenvalue weighted by molar-refractivity contribution is -0.119. The second kappa shape index (κ2) is 11.6. The Morgan fingerprint density at radius 2 is 1.74 bits per heavy atom. The lowest BCUT2D eigenvalue weighted by Crippen LogP contribution is -2.39. The van der Waals surface area contributed by atoms with Crippen LogP contribution < -0.4 is 29.3 Å². The van der Waals surface area contributed by atoms with Gasteiger partial charge in [0.2, 0.25) is 5.91 Å². The maximum Gasteiger partial charge on any atom is 0.264 e. The van der Waals surface area contributed by atoms with E-state index in [1.807, 2.05) is 0 Å². The zero-order chi connectivity index (χ0) is 27.1. The maximum atomic E-state index is 13.6. The number of hydrogen-bond acceptors (Lipinski definition) is 8. The Labute approximate surface area is 220 Å². The Kier molecular flexibility index (Phi) is 8.12. The number of anilines is 2. The Morgan fingerprint density at radius 1 is 1.03 bits per heavy atom. The van der Waals surface area contributed by atoms with E-state index in [1.165, 1.54) is 56.6 Å². The van der Waals surface area contributed by atoms with Crippen LogP contribution in [-0.2, 0) is 19.6 Å². The minimum absolute atomic E-state index is 0.0632. The van der Waals surface area contributed by atoms with Crippen LogP contribution in [0, 0.1) is 0 Å². The van der Waals surface area contributed by atoms with Crippen LogP contribution in [0.5, 0.6) is 17.2 Å². The molecule has 198 valence electrons. The van der Waals surface area contributed by atoms with Crippen LogP contribution in [0.2, 0.25) is 0 Å². The fourth-order valence-electron chi connectivity index (χ4n) is 3.64. The molecule has 0 atom stereocenters. The second-order valence-electron chi connectivity index (χ2n) is 8.08. The molecule has 0 saturated heterocycles. The van der Waals surface area contributed by atoms with Crippen molar-refractivity contribution in [2.45, 2.75) is 11.8 Å². The largest absolute Gasteiger partial charge is 0.497 e. The molecule has 1 aliphatic rings. The summed E-state index contributed by atoms with van der Waals surface area (Å²) in [7, 11) is -2.68. The molecule has 0 radical (unpaired) electrons. The van der Waals surface area contributed by atoms with Crippen LogP contribution >= 0.6 is 0 Å². The molecule has 0 spiro atoms. The Morgan fingerprint density at radius 3 is 2.42 bits per heavy atom. The SMILES string of the molecule is COc1ccc(N(CC(=O)N/N=C\c2cccc3c2OCCO3)S(=O)(=O)c2ccc(NC(C)=O)cc2)cc1. The van der Waals surface area contributed by atoms with Crippen molar-refractivity contribution in [3.63, 3.8) is 0 Å². The monoisotopic (exact) mass is 538 g/mol. The molecule has 4 rings (SSSR count). The van der Waals surface area contributed by atoms with E-state index < -0.39 is 22.5 Å². The van der Waals surface area contributed by atoms with Gasteiger partial charge in [0.1, 0.15) is 25.5 Å². The summed E-state index contributed by atoms with van der Waals surface area (Å²) in [5, 5.41) is 6.56. The third-order valence-corrected chi connectivity index (χ3v) is 7.19. The first-order valence-corrected chi connectivity index (χ1v) is 13.0. The number of sulfonamides is 1. The molecular weight excluding hydrogens is 512 g/mol. The normalized spacial score (nSPS) is 12.6. The van der Waals surface area contributed by atoms with Crippen molar-refractivity contribution in [3.05, 3.63) is 72.3 Å². The summed E-state index contributed by atoms with van der Waals surface area (Å²) in [6.45, 7) is 1.64. The Hall–Kier alpha value is -4.58. The molecule has 0 bridgehead atoms. The second-order valence-corrected chi connectivity index (χ2v) is 9.94. The summed E-state index contributed by atoms with van der Waals surface area (Å²) in [6, 6.07) is 17.2. The number of hydrazone groups is 1. The number of ether oxygens (including phenoxy) is 3. The van der Waals surface area contributed by atoms with Crippen molar-refractivity contribution in [1.82, 2.24) is 5.43 Å². The Bertz CT molecular complexity index is 1440. The highest BCUT2D eigenvalue weighted by Gasteiger charge is 2.27. The number of para-hydroxylation sites is 1. The van der Waals surface area contributed by atoms with Gasteiger partial charge < -0.3 is 19.5 Å². The lowest BCUT2D eigenvalue weighted by atomic mass is 10.2. The van der Waals surface area contributed by atoms with Crippen LogP contribution in [0.3, 0.4) is 0 Å². The number of rotatable bonds is 9. The number of nitrogens with one attached hydrogen (secondary N) is 2. The zero-order valence-electron chi connectivity index (χ0n) is 20.7. The van der Waals surface area contributed by atoms with Gasteiger partial charge in [-0.1, -0.05) is 6.07 Å². The summed E-state index contributed by atoms with van der Waals surface area (Å²) in [6.07, 6.45) is 1.40. The average Bonchev–Trinajstić information content (AvgIpc) is 2.92. The van der Waals surface area contributed by atoms with Gasteiger partial charge in [0.15, 0.2) is 11.5 Å². The van der Waals surface area contributed by atoms with Gasteiger partial charge >= 0.3 is 0 Å². The maximum absolute atomic E-state index is 13.6. The molecule has 0 saturated carbocycles. The van der Waals surface area contributed by atoms with Crippen molar-refractivity contribution in [1.29, 1.82) is 0 Å². The highest BCUT2D eigenvalue weighted by Crippen LogP contribution is 2.32. The van der Waals surface area contributed by atoms with Gasteiger partial charge in [-0.2, -0.15) is 5.10 Å². The summed E-state index contributed by atoms with van der Waals surface area (Å²) >= 11 is 0. The molecule has 1 heterocycles. The molecule has 11 nitrogen and oxygen atoms in total. The average molecular weight is 539 g/mol. The molecule has 38 heavy (non-hydrogen) atoms. The highest BCUT2D eigenvalue weighted by atomic mass is 32.2. The zero-order valence-corrected chi connectivity index (χ0v) is 21.5. The van der Waals surface area contributed by atoms with Gasteiger partial charge in [0.05, 0.1) is 23.9 Å². The molecule has 12 heteroatoms. The van der Waals surface area contributed by atoms with E-state index in [4.69, 9.17) is 14.2 Å². The summed E-state index contributed by atoms with van der Waals surface area (Å²) < 4.78 is 44.4. The van der Waals surface area contributed by atoms with E-state index in [2.05, 4.69) is 15.8 Å².